The number of benzene rings is 2. The molecule has 2 aromatic rings. The van der Waals surface area contributed by atoms with Crippen LogP contribution in [-0.2, 0) is 6.42 Å². The lowest BCUT2D eigenvalue weighted by molar-refractivity contribution is 0.286. The molecule has 0 fully saturated rings. The van der Waals surface area contributed by atoms with E-state index in [2.05, 4.69) is 17.4 Å². The monoisotopic (exact) mass is 365 g/mol. The third-order valence-corrected chi connectivity index (χ3v) is 4.81. The molecule has 3 nitrogen and oxygen atoms in total. The standard InChI is InChI=1S/C19H21Cl2NO2/c1-3-23-16-10-12-8-9-22-19(13(12)11-17(16)24-4-2)18-14(20)6-5-7-15(18)21/h5-7,10-11,19,22H,3-4,8-9H2,1-2H3. The van der Waals surface area contributed by atoms with Crippen molar-refractivity contribution >= 4 is 23.2 Å². The third-order valence-electron chi connectivity index (χ3n) is 4.15. The Bertz CT molecular complexity index is 713. The summed E-state index contributed by atoms with van der Waals surface area (Å²) in [4.78, 5) is 0. The molecule has 0 spiro atoms. The van der Waals surface area contributed by atoms with Gasteiger partial charge in [0.15, 0.2) is 11.5 Å². The lowest BCUT2D eigenvalue weighted by Gasteiger charge is -2.30. The van der Waals surface area contributed by atoms with E-state index in [-0.39, 0.29) is 6.04 Å². The summed E-state index contributed by atoms with van der Waals surface area (Å²) in [5.41, 5.74) is 3.29. The van der Waals surface area contributed by atoms with Crippen LogP contribution in [-0.4, -0.2) is 19.8 Å². The summed E-state index contributed by atoms with van der Waals surface area (Å²) in [5.74, 6) is 1.55. The fraction of sp³-hybridized carbons (Fsp3) is 0.368. The van der Waals surface area contributed by atoms with E-state index in [1.54, 1.807) is 0 Å². The van der Waals surface area contributed by atoms with Crippen molar-refractivity contribution in [2.75, 3.05) is 19.8 Å². The summed E-state index contributed by atoms with van der Waals surface area (Å²) in [7, 11) is 0. The van der Waals surface area contributed by atoms with Gasteiger partial charge in [0.25, 0.3) is 0 Å². The Labute approximate surface area is 152 Å². The molecule has 5 heteroatoms. The van der Waals surface area contributed by atoms with Gasteiger partial charge in [0.2, 0.25) is 0 Å². The molecule has 0 saturated heterocycles. The van der Waals surface area contributed by atoms with Gasteiger partial charge in [-0.3, -0.25) is 0 Å². The summed E-state index contributed by atoms with van der Waals surface area (Å²) in [6.07, 6.45) is 0.931. The first-order valence-corrected chi connectivity index (χ1v) is 9.01. The van der Waals surface area contributed by atoms with Crippen molar-refractivity contribution in [2.45, 2.75) is 26.3 Å². The molecule has 24 heavy (non-hydrogen) atoms. The minimum Gasteiger partial charge on any atom is -0.490 e. The van der Waals surface area contributed by atoms with Crippen molar-refractivity contribution in [1.29, 1.82) is 0 Å². The molecule has 1 aliphatic rings. The first-order chi connectivity index (χ1) is 11.7. The topological polar surface area (TPSA) is 30.5 Å². The number of ether oxygens (including phenoxy) is 2. The van der Waals surface area contributed by atoms with E-state index in [1.165, 1.54) is 5.56 Å². The zero-order valence-corrected chi connectivity index (χ0v) is 15.4. The second-order valence-electron chi connectivity index (χ2n) is 5.64. The number of hydrogen-bond donors (Lipinski definition) is 1. The molecular weight excluding hydrogens is 345 g/mol. The second-order valence-corrected chi connectivity index (χ2v) is 6.45. The molecule has 0 radical (unpaired) electrons. The first kappa shape index (κ1) is 17.4. The minimum absolute atomic E-state index is 0.0511. The Morgan fingerprint density at radius 2 is 1.67 bits per heavy atom. The SMILES string of the molecule is CCOc1cc2c(cc1OCC)C(c1c(Cl)cccc1Cl)NCC2. The molecule has 1 heterocycles. The smallest absolute Gasteiger partial charge is 0.161 e. The maximum absolute atomic E-state index is 6.43. The number of halogens is 2. The fourth-order valence-electron chi connectivity index (χ4n) is 3.14. The minimum atomic E-state index is -0.0511. The molecule has 0 saturated carbocycles. The van der Waals surface area contributed by atoms with Gasteiger partial charge in [0, 0.05) is 22.2 Å². The van der Waals surface area contributed by atoms with Gasteiger partial charge < -0.3 is 14.8 Å². The maximum atomic E-state index is 6.43. The van der Waals surface area contributed by atoms with Crippen molar-refractivity contribution in [2.24, 2.45) is 0 Å². The summed E-state index contributed by atoms with van der Waals surface area (Å²) < 4.78 is 11.5. The molecule has 1 N–H and O–H groups in total. The zero-order chi connectivity index (χ0) is 17.1. The van der Waals surface area contributed by atoms with E-state index in [0.29, 0.717) is 23.3 Å². The molecule has 1 unspecified atom stereocenters. The van der Waals surface area contributed by atoms with Crippen molar-refractivity contribution in [3.8, 4) is 11.5 Å². The van der Waals surface area contributed by atoms with Crippen LogP contribution in [0.2, 0.25) is 10.0 Å². The van der Waals surface area contributed by atoms with E-state index in [0.717, 1.165) is 35.6 Å². The molecule has 0 bridgehead atoms. The quantitative estimate of drug-likeness (QED) is 0.806. The molecule has 1 aliphatic heterocycles. The van der Waals surface area contributed by atoms with Crippen LogP contribution >= 0.6 is 23.2 Å². The van der Waals surface area contributed by atoms with E-state index >= 15 is 0 Å². The van der Waals surface area contributed by atoms with Crippen LogP contribution in [0.3, 0.4) is 0 Å². The average Bonchev–Trinajstić information content (AvgIpc) is 2.56. The van der Waals surface area contributed by atoms with Gasteiger partial charge >= 0.3 is 0 Å². The van der Waals surface area contributed by atoms with Gasteiger partial charge in [-0.15, -0.1) is 0 Å². The second kappa shape index (κ2) is 7.64. The molecule has 0 aromatic heterocycles. The lowest BCUT2D eigenvalue weighted by atomic mass is 9.89. The van der Waals surface area contributed by atoms with Gasteiger partial charge in [0.1, 0.15) is 0 Å². The predicted molar refractivity (Wildman–Crippen MR) is 98.8 cm³/mol. The van der Waals surface area contributed by atoms with E-state index < -0.39 is 0 Å². The number of fused-ring (bicyclic) bond motifs is 1. The number of hydrogen-bond acceptors (Lipinski definition) is 3. The maximum Gasteiger partial charge on any atom is 0.161 e. The molecular formula is C19H21Cl2NO2. The van der Waals surface area contributed by atoms with Crippen molar-refractivity contribution < 1.29 is 9.47 Å². The van der Waals surface area contributed by atoms with Crippen LogP contribution in [0.25, 0.3) is 0 Å². The van der Waals surface area contributed by atoms with E-state index in [9.17, 15) is 0 Å². The van der Waals surface area contributed by atoms with Gasteiger partial charge in [0.05, 0.1) is 19.3 Å². The molecule has 1 atom stereocenters. The van der Waals surface area contributed by atoms with Crippen LogP contribution in [0.15, 0.2) is 30.3 Å². The Hall–Kier alpha value is -1.42. The van der Waals surface area contributed by atoms with Gasteiger partial charge in [-0.2, -0.15) is 0 Å². The highest BCUT2D eigenvalue weighted by Gasteiger charge is 2.27. The summed E-state index contributed by atoms with van der Waals surface area (Å²) >= 11 is 12.9. The Morgan fingerprint density at radius 3 is 2.29 bits per heavy atom. The molecule has 128 valence electrons. The molecule has 2 aromatic carbocycles. The fourth-order valence-corrected chi connectivity index (χ4v) is 3.76. The van der Waals surface area contributed by atoms with Gasteiger partial charge in [-0.1, -0.05) is 29.3 Å². The normalized spacial score (nSPS) is 16.6. The highest BCUT2D eigenvalue weighted by Crippen LogP contribution is 2.41. The van der Waals surface area contributed by atoms with Crippen LogP contribution in [0.1, 0.15) is 36.6 Å². The largest absolute Gasteiger partial charge is 0.490 e. The van der Waals surface area contributed by atoms with E-state index in [4.69, 9.17) is 32.7 Å². The zero-order valence-electron chi connectivity index (χ0n) is 13.9. The first-order valence-electron chi connectivity index (χ1n) is 8.25. The lowest BCUT2D eigenvalue weighted by Crippen LogP contribution is -2.31. The molecule has 0 amide bonds. The Balaban J connectivity index is 2.11. The predicted octanol–water partition coefficient (Wildman–Crippen LogP) is 5.03. The Kier molecular flexibility index (Phi) is 5.54. The summed E-state index contributed by atoms with van der Waals surface area (Å²) in [6.45, 7) is 6.00. The van der Waals surface area contributed by atoms with E-state index in [1.807, 2.05) is 32.0 Å². The van der Waals surface area contributed by atoms with Crippen molar-refractivity contribution in [1.82, 2.24) is 5.32 Å². The highest BCUT2D eigenvalue weighted by molar-refractivity contribution is 6.36. The van der Waals surface area contributed by atoms with Gasteiger partial charge in [-0.05, 0) is 55.7 Å². The molecule has 3 rings (SSSR count). The third kappa shape index (κ3) is 3.34. The van der Waals surface area contributed by atoms with Crippen LogP contribution in [0.4, 0.5) is 0 Å². The number of nitrogens with one attached hydrogen (secondary N) is 1. The van der Waals surface area contributed by atoms with Crippen molar-refractivity contribution in [3.05, 3.63) is 57.1 Å². The van der Waals surface area contributed by atoms with Crippen LogP contribution in [0, 0.1) is 0 Å². The number of rotatable bonds is 5. The van der Waals surface area contributed by atoms with Crippen LogP contribution in [0.5, 0.6) is 11.5 Å². The summed E-state index contributed by atoms with van der Waals surface area (Å²) in [6, 6.07) is 9.70. The van der Waals surface area contributed by atoms with Gasteiger partial charge in [-0.25, -0.2) is 0 Å². The van der Waals surface area contributed by atoms with Crippen LogP contribution < -0.4 is 14.8 Å². The Morgan fingerprint density at radius 1 is 1.04 bits per heavy atom. The summed E-state index contributed by atoms with van der Waals surface area (Å²) in [5, 5.41) is 4.86. The highest BCUT2D eigenvalue weighted by atomic mass is 35.5. The van der Waals surface area contributed by atoms with Crippen molar-refractivity contribution in [3.63, 3.8) is 0 Å². The molecule has 0 aliphatic carbocycles. The average molecular weight is 366 g/mol.